The number of hydrogen-bond acceptors (Lipinski definition) is 4. The van der Waals surface area contributed by atoms with Crippen molar-refractivity contribution in [2.45, 2.75) is 25.3 Å². The van der Waals surface area contributed by atoms with Gasteiger partial charge in [-0.25, -0.2) is 0 Å². The summed E-state index contributed by atoms with van der Waals surface area (Å²) in [6, 6.07) is 3.17. The SMILES string of the molecule is O=CCn1cccc(C2CCC(=O)NC2=O)c1=O. The van der Waals surface area contributed by atoms with Gasteiger partial charge in [-0.1, -0.05) is 6.07 Å². The fourth-order valence-corrected chi connectivity index (χ4v) is 2.03. The van der Waals surface area contributed by atoms with Crippen LogP contribution < -0.4 is 10.9 Å². The number of carbonyl (C=O) groups excluding carboxylic acids is 3. The van der Waals surface area contributed by atoms with Crippen molar-refractivity contribution in [3.05, 3.63) is 34.2 Å². The zero-order valence-corrected chi connectivity index (χ0v) is 9.59. The van der Waals surface area contributed by atoms with E-state index in [1.54, 1.807) is 12.1 Å². The van der Waals surface area contributed by atoms with Crippen molar-refractivity contribution in [3.8, 4) is 0 Å². The summed E-state index contributed by atoms with van der Waals surface area (Å²) in [4.78, 5) is 45.2. The molecular formula is C12H12N2O4. The molecule has 2 amide bonds. The van der Waals surface area contributed by atoms with Crippen LogP contribution in [-0.2, 0) is 20.9 Å². The van der Waals surface area contributed by atoms with Gasteiger partial charge in [0.15, 0.2) is 0 Å². The lowest BCUT2D eigenvalue weighted by Gasteiger charge is -2.20. The van der Waals surface area contributed by atoms with Gasteiger partial charge in [-0.15, -0.1) is 0 Å². The number of amides is 2. The number of rotatable bonds is 3. The van der Waals surface area contributed by atoms with Crippen molar-refractivity contribution in [2.75, 3.05) is 0 Å². The van der Waals surface area contributed by atoms with Gasteiger partial charge < -0.3 is 9.36 Å². The quantitative estimate of drug-likeness (QED) is 0.581. The van der Waals surface area contributed by atoms with E-state index in [0.29, 0.717) is 18.3 Å². The van der Waals surface area contributed by atoms with E-state index in [1.807, 2.05) is 0 Å². The number of nitrogens with zero attached hydrogens (tertiary/aromatic N) is 1. The standard InChI is InChI=1S/C12H12N2O4/c15-7-6-14-5-1-2-9(12(14)18)8-3-4-10(16)13-11(8)17/h1-2,5,7-8H,3-4,6H2,(H,13,16,17). The summed E-state index contributed by atoms with van der Waals surface area (Å²) < 4.78 is 1.24. The lowest BCUT2D eigenvalue weighted by molar-refractivity contribution is -0.134. The largest absolute Gasteiger partial charge is 0.308 e. The molecule has 94 valence electrons. The zero-order valence-electron chi connectivity index (χ0n) is 9.59. The van der Waals surface area contributed by atoms with Crippen LogP contribution in [0.5, 0.6) is 0 Å². The molecule has 6 nitrogen and oxygen atoms in total. The predicted octanol–water partition coefficient (Wildman–Crippen LogP) is -0.433. The minimum atomic E-state index is -0.616. The number of carbonyl (C=O) groups is 3. The first-order valence-corrected chi connectivity index (χ1v) is 5.60. The van der Waals surface area contributed by atoms with Crippen LogP contribution in [0.1, 0.15) is 24.3 Å². The number of aldehydes is 1. The molecule has 1 aliphatic rings. The van der Waals surface area contributed by atoms with Crippen molar-refractivity contribution in [3.63, 3.8) is 0 Å². The second-order valence-electron chi connectivity index (χ2n) is 4.09. The predicted molar refractivity (Wildman–Crippen MR) is 61.9 cm³/mol. The molecule has 1 aliphatic heterocycles. The topological polar surface area (TPSA) is 85.2 Å². The number of nitrogens with one attached hydrogen (secondary N) is 1. The van der Waals surface area contributed by atoms with Crippen LogP contribution in [0, 0.1) is 0 Å². The van der Waals surface area contributed by atoms with Crippen LogP contribution in [0.3, 0.4) is 0 Å². The molecule has 1 atom stereocenters. The summed E-state index contributed by atoms with van der Waals surface area (Å²) in [5.74, 6) is -1.39. The first kappa shape index (κ1) is 12.2. The second-order valence-corrected chi connectivity index (χ2v) is 4.09. The van der Waals surface area contributed by atoms with Crippen molar-refractivity contribution in [1.29, 1.82) is 0 Å². The lowest BCUT2D eigenvalue weighted by atomic mass is 9.91. The summed E-state index contributed by atoms with van der Waals surface area (Å²) in [6.45, 7) is -0.0417. The molecular weight excluding hydrogens is 236 g/mol. The Morgan fingerprint density at radius 1 is 1.39 bits per heavy atom. The van der Waals surface area contributed by atoms with Gasteiger partial charge in [-0.2, -0.15) is 0 Å². The Labute approximate surface area is 103 Å². The number of pyridine rings is 1. The third-order valence-corrected chi connectivity index (χ3v) is 2.94. The van der Waals surface area contributed by atoms with Gasteiger partial charge in [0.25, 0.3) is 5.56 Å². The van der Waals surface area contributed by atoms with Crippen molar-refractivity contribution >= 4 is 18.1 Å². The number of aromatic nitrogens is 1. The molecule has 1 aromatic rings. The molecule has 1 fully saturated rings. The summed E-state index contributed by atoms with van der Waals surface area (Å²) >= 11 is 0. The van der Waals surface area contributed by atoms with Crippen LogP contribution in [0.4, 0.5) is 0 Å². The molecule has 1 N–H and O–H groups in total. The molecule has 0 bridgehead atoms. The first-order valence-electron chi connectivity index (χ1n) is 5.60. The molecule has 6 heteroatoms. The van der Waals surface area contributed by atoms with Gasteiger partial charge >= 0.3 is 0 Å². The maximum atomic E-state index is 12.0. The van der Waals surface area contributed by atoms with E-state index in [-0.39, 0.29) is 24.4 Å². The van der Waals surface area contributed by atoms with Crippen LogP contribution in [0.2, 0.25) is 0 Å². The van der Waals surface area contributed by atoms with E-state index in [2.05, 4.69) is 5.32 Å². The van der Waals surface area contributed by atoms with Gasteiger partial charge in [0, 0.05) is 18.2 Å². The first-order chi connectivity index (χ1) is 8.63. The fourth-order valence-electron chi connectivity index (χ4n) is 2.03. The third-order valence-electron chi connectivity index (χ3n) is 2.94. The lowest BCUT2D eigenvalue weighted by Crippen LogP contribution is -2.41. The van der Waals surface area contributed by atoms with Crippen LogP contribution in [0.15, 0.2) is 23.1 Å². The zero-order chi connectivity index (χ0) is 13.1. The Hall–Kier alpha value is -2.24. The molecule has 2 rings (SSSR count). The highest BCUT2D eigenvalue weighted by Gasteiger charge is 2.29. The van der Waals surface area contributed by atoms with E-state index in [0.717, 1.165) is 0 Å². The summed E-state index contributed by atoms with van der Waals surface area (Å²) in [5.41, 5.74) is -0.0385. The molecule has 0 saturated carbocycles. The van der Waals surface area contributed by atoms with Crippen molar-refractivity contribution in [2.24, 2.45) is 0 Å². The number of piperidine rings is 1. The molecule has 0 aliphatic carbocycles. The van der Waals surface area contributed by atoms with Gasteiger partial charge in [-0.3, -0.25) is 19.7 Å². The van der Waals surface area contributed by atoms with Crippen molar-refractivity contribution in [1.82, 2.24) is 9.88 Å². The number of imide groups is 1. The Kier molecular flexibility index (Phi) is 3.36. The average Bonchev–Trinajstić information content (AvgIpc) is 2.33. The third kappa shape index (κ3) is 2.22. The van der Waals surface area contributed by atoms with Crippen LogP contribution in [0.25, 0.3) is 0 Å². The molecule has 1 unspecified atom stereocenters. The highest BCUT2D eigenvalue weighted by molar-refractivity contribution is 6.00. The maximum Gasteiger partial charge on any atom is 0.254 e. The van der Waals surface area contributed by atoms with Crippen molar-refractivity contribution < 1.29 is 14.4 Å². The summed E-state index contributed by atoms with van der Waals surface area (Å²) in [6.07, 6.45) is 2.66. The molecule has 0 aromatic carbocycles. The normalized spacial score (nSPS) is 19.4. The maximum absolute atomic E-state index is 12.0. The molecule has 0 radical (unpaired) electrons. The molecule has 2 heterocycles. The Bertz CT molecular complexity index is 561. The van der Waals surface area contributed by atoms with Crippen LogP contribution in [-0.4, -0.2) is 22.7 Å². The van der Waals surface area contributed by atoms with Crippen LogP contribution >= 0.6 is 0 Å². The Morgan fingerprint density at radius 2 is 2.17 bits per heavy atom. The highest BCUT2D eigenvalue weighted by atomic mass is 16.2. The van der Waals surface area contributed by atoms with E-state index in [1.165, 1.54) is 10.8 Å². The van der Waals surface area contributed by atoms with E-state index in [4.69, 9.17) is 0 Å². The second kappa shape index (κ2) is 4.95. The van der Waals surface area contributed by atoms with Gasteiger partial charge in [0.1, 0.15) is 6.29 Å². The Balaban J connectivity index is 2.36. The molecule has 0 spiro atoms. The highest BCUT2D eigenvalue weighted by Crippen LogP contribution is 2.21. The number of hydrogen-bond donors (Lipinski definition) is 1. The molecule has 1 aromatic heterocycles. The monoisotopic (exact) mass is 248 g/mol. The van der Waals surface area contributed by atoms with E-state index >= 15 is 0 Å². The average molecular weight is 248 g/mol. The van der Waals surface area contributed by atoms with Gasteiger partial charge in [0.05, 0.1) is 12.5 Å². The summed E-state index contributed by atoms with van der Waals surface area (Å²) in [5, 5.41) is 2.21. The molecule has 18 heavy (non-hydrogen) atoms. The van der Waals surface area contributed by atoms with E-state index < -0.39 is 11.8 Å². The Morgan fingerprint density at radius 3 is 2.83 bits per heavy atom. The smallest absolute Gasteiger partial charge is 0.254 e. The van der Waals surface area contributed by atoms with Gasteiger partial charge in [0.2, 0.25) is 11.8 Å². The van der Waals surface area contributed by atoms with Gasteiger partial charge in [-0.05, 0) is 12.5 Å². The summed E-state index contributed by atoms with van der Waals surface area (Å²) in [7, 11) is 0. The van der Waals surface area contributed by atoms with E-state index in [9.17, 15) is 19.2 Å². The minimum Gasteiger partial charge on any atom is -0.308 e. The molecule has 1 saturated heterocycles. The minimum absolute atomic E-state index is 0.0417. The fraction of sp³-hybridized carbons (Fsp3) is 0.333.